The number of aromatic nitrogens is 2. The van der Waals surface area contributed by atoms with Crippen LogP contribution in [0.4, 0.5) is 11.8 Å². The van der Waals surface area contributed by atoms with Gasteiger partial charge >= 0.3 is 0 Å². The number of anilines is 2. The zero-order valence-electron chi connectivity index (χ0n) is 8.52. The summed E-state index contributed by atoms with van der Waals surface area (Å²) in [6.45, 7) is 0.615. The van der Waals surface area contributed by atoms with Crippen molar-refractivity contribution in [2.24, 2.45) is 0 Å². The van der Waals surface area contributed by atoms with Gasteiger partial charge in [-0.1, -0.05) is 23.7 Å². The topological polar surface area (TPSA) is 63.8 Å². The first-order valence-corrected chi connectivity index (χ1v) is 5.19. The summed E-state index contributed by atoms with van der Waals surface area (Å²) in [5.74, 6) is 0.962. The van der Waals surface area contributed by atoms with Crippen molar-refractivity contribution in [3.8, 4) is 0 Å². The van der Waals surface area contributed by atoms with Gasteiger partial charge in [-0.25, -0.2) is 4.98 Å². The van der Waals surface area contributed by atoms with Crippen molar-refractivity contribution in [3.63, 3.8) is 0 Å². The van der Waals surface area contributed by atoms with Gasteiger partial charge in [0.05, 0.1) is 0 Å². The van der Waals surface area contributed by atoms with Crippen LogP contribution in [-0.4, -0.2) is 9.97 Å². The van der Waals surface area contributed by atoms with Gasteiger partial charge in [-0.15, -0.1) is 0 Å². The van der Waals surface area contributed by atoms with E-state index in [1.165, 1.54) is 0 Å². The fraction of sp³-hybridized carbons (Fsp3) is 0.0909. The molecule has 4 nitrogen and oxygen atoms in total. The molecule has 1 aromatic carbocycles. The van der Waals surface area contributed by atoms with Crippen molar-refractivity contribution < 1.29 is 0 Å². The number of nitrogens with two attached hydrogens (primary N) is 1. The minimum atomic E-state index is 0.448. The summed E-state index contributed by atoms with van der Waals surface area (Å²) in [4.78, 5) is 8.08. The zero-order valence-corrected chi connectivity index (χ0v) is 9.28. The Morgan fingerprint density at radius 1 is 1.31 bits per heavy atom. The molecule has 3 N–H and O–H groups in total. The molecule has 2 aromatic rings. The number of halogens is 1. The Morgan fingerprint density at radius 2 is 2.19 bits per heavy atom. The highest BCUT2D eigenvalue weighted by molar-refractivity contribution is 6.30. The van der Waals surface area contributed by atoms with Gasteiger partial charge in [0.2, 0.25) is 5.95 Å². The third-order valence-corrected chi connectivity index (χ3v) is 2.25. The predicted octanol–water partition coefficient (Wildman–Crippen LogP) is 2.32. The van der Waals surface area contributed by atoms with Gasteiger partial charge in [-0.3, -0.25) is 0 Å². The van der Waals surface area contributed by atoms with Gasteiger partial charge in [-0.05, 0) is 23.8 Å². The third-order valence-electron chi connectivity index (χ3n) is 2.02. The first-order chi connectivity index (χ1) is 7.74. The lowest BCUT2D eigenvalue weighted by Gasteiger charge is -2.05. The second kappa shape index (κ2) is 4.81. The highest BCUT2D eigenvalue weighted by Gasteiger charge is 1.97. The van der Waals surface area contributed by atoms with E-state index in [9.17, 15) is 0 Å². The molecule has 16 heavy (non-hydrogen) atoms. The highest BCUT2D eigenvalue weighted by atomic mass is 35.5. The van der Waals surface area contributed by atoms with Gasteiger partial charge in [0, 0.05) is 17.8 Å². The predicted molar refractivity (Wildman–Crippen MR) is 65.2 cm³/mol. The number of benzene rings is 1. The quantitative estimate of drug-likeness (QED) is 0.856. The lowest BCUT2D eigenvalue weighted by atomic mass is 10.2. The monoisotopic (exact) mass is 234 g/mol. The van der Waals surface area contributed by atoms with Gasteiger partial charge < -0.3 is 11.1 Å². The van der Waals surface area contributed by atoms with E-state index in [2.05, 4.69) is 15.3 Å². The number of nitrogen functional groups attached to an aromatic ring is 1. The van der Waals surface area contributed by atoms with Crippen molar-refractivity contribution in [1.82, 2.24) is 9.97 Å². The number of hydrogen-bond acceptors (Lipinski definition) is 4. The maximum Gasteiger partial charge on any atom is 0.224 e. The Balaban J connectivity index is 2.02. The summed E-state index contributed by atoms with van der Waals surface area (Å²) in [7, 11) is 0. The average molecular weight is 235 g/mol. The molecule has 0 aliphatic heterocycles. The standard InChI is InChI=1S/C11H11ClN4/c12-9-3-1-2-8(6-9)7-15-11-14-5-4-10(13)16-11/h1-6H,7H2,(H3,13,14,15,16). The van der Waals surface area contributed by atoms with Crippen LogP contribution in [0.1, 0.15) is 5.56 Å². The van der Waals surface area contributed by atoms with E-state index in [0.717, 1.165) is 5.56 Å². The Labute approximate surface area is 98.5 Å². The van der Waals surface area contributed by atoms with Crippen molar-refractivity contribution in [1.29, 1.82) is 0 Å². The largest absolute Gasteiger partial charge is 0.384 e. The summed E-state index contributed by atoms with van der Waals surface area (Å²) >= 11 is 5.87. The number of rotatable bonds is 3. The van der Waals surface area contributed by atoms with E-state index in [4.69, 9.17) is 17.3 Å². The van der Waals surface area contributed by atoms with E-state index in [0.29, 0.717) is 23.3 Å². The molecule has 0 unspecified atom stereocenters. The number of nitrogens with zero attached hydrogens (tertiary/aromatic N) is 2. The summed E-state index contributed by atoms with van der Waals surface area (Å²) in [6.07, 6.45) is 1.61. The Hall–Kier alpha value is -1.81. The number of nitrogens with one attached hydrogen (secondary N) is 1. The van der Waals surface area contributed by atoms with E-state index in [1.54, 1.807) is 12.3 Å². The molecule has 0 bridgehead atoms. The molecule has 82 valence electrons. The molecule has 0 spiro atoms. The SMILES string of the molecule is Nc1ccnc(NCc2cccc(Cl)c2)n1. The van der Waals surface area contributed by atoms with Gasteiger partial charge in [-0.2, -0.15) is 4.98 Å². The molecule has 0 radical (unpaired) electrons. The van der Waals surface area contributed by atoms with Crippen molar-refractivity contribution in [3.05, 3.63) is 47.1 Å². The second-order valence-corrected chi connectivity index (χ2v) is 3.73. The van der Waals surface area contributed by atoms with Crippen molar-refractivity contribution in [2.75, 3.05) is 11.1 Å². The normalized spacial score (nSPS) is 10.1. The van der Waals surface area contributed by atoms with Crippen molar-refractivity contribution in [2.45, 2.75) is 6.54 Å². The molecule has 0 saturated heterocycles. The van der Waals surface area contributed by atoms with Crippen LogP contribution in [0.3, 0.4) is 0 Å². The van der Waals surface area contributed by atoms with Gasteiger partial charge in [0.15, 0.2) is 0 Å². The summed E-state index contributed by atoms with van der Waals surface area (Å²) in [5.41, 5.74) is 6.61. The molecular formula is C11H11ClN4. The van der Waals surface area contributed by atoms with E-state index < -0.39 is 0 Å². The van der Waals surface area contributed by atoms with Crippen LogP contribution in [-0.2, 0) is 6.54 Å². The first kappa shape index (κ1) is 10.7. The minimum Gasteiger partial charge on any atom is -0.384 e. The van der Waals surface area contributed by atoms with Crippen molar-refractivity contribution >= 4 is 23.4 Å². The molecule has 0 atom stereocenters. The highest BCUT2D eigenvalue weighted by Crippen LogP contribution is 2.11. The minimum absolute atomic E-state index is 0.448. The van der Waals surface area contributed by atoms with Gasteiger partial charge in [0.1, 0.15) is 5.82 Å². The Kier molecular flexibility index (Phi) is 3.22. The maximum absolute atomic E-state index is 5.87. The van der Waals surface area contributed by atoms with Crippen LogP contribution in [0, 0.1) is 0 Å². The Bertz CT molecular complexity index is 441. The fourth-order valence-electron chi connectivity index (χ4n) is 1.29. The van der Waals surface area contributed by atoms with E-state index >= 15 is 0 Å². The lowest BCUT2D eigenvalue weighted by molar-refractivity contribution is 1.06. The molecule has 0 amide bonds. The fourth-order valence-corrected chi connectivity index (χ4v) is 1.50. The molecule has 1 heterocycles. The number of hydrogen-bond donors (Lipinski definition) is 2. The molecule has 0 saturated carbocycles. The molecule has 5 heteroatoms. The molecule has 0 fully saturated rings. The maximum atomic E-state index is 5.87. The first-order valence-electron chi connectivity index (χ1n) is 4.81. The molecule has 1 aromatic heterocycles. The summed E-state index contributed by atoms with van der Waals surface area (Å²) in [5, 5.41) is 3.78. The van der Waals surface area contributed by atoms with Crippen LogP contribution in [0.25, 0.3) is 0 Å². The summed E-state index contributed by atoms with van der Waals surface area (Å²) < 4.78 is 0. The van der Waals surface area contributed by atoms with Gasteiger partial charge in [0.25, 0.3) is 0 Å². The van der Waals surface area contributed by atoms with E-state index in [1.807, 2.05) is 24.3 Å². The average Bonchev–Trinajstić information content (AvgIpc) is 2.27. The van der Waals surface area contributed by atoms with Crippen LogP contribution < -0.4 is 11.1 Å². The lowest BCUT2D eigenvalue weighted by Crippen LogP contribution is -2.04. The van der Waals surface area contributed by atoms with Crippen LogP contribution >= 0.6 is 11.6 Å². The second-order valence-electron chi connectivity index (χ2n) is 3.29. The third kappa shape index (κ3) is 2.84. The Morgan fingerprint density at radius 3 is 2.94 bits per heavy atom. The smallest absolute Gasteiger partial charge is 0.224 e. The molecular weight excluding hydrogens is 224 g/mol. The van der Waals surface area contributed by atoms with Crippen LogP contribution in [0.15, 0.2) is 36.5 Å². The molecule has 0 aliphatic carbocycles. The molecule has 0 aliphatic rings. The summed E-state index contributed by atoms with van der Waals surface area (Å²) in [6, 6.07) is 9.25. The molecule has 2 rings (SSSR count). The van der Waals surface area contributed by atoms with Crippen LogP contribution in [0.2, 0.25) is 5.02 Å². The van der Waals surface area contributed by atoms with E-state index in [-0.39, 0.29) is 0 Å². The van der Waals surface area contributed by atoms with Crippen LogP contribution in [0.5, 0.6) is 0 Å². The zero-order chi connectivity index (χ0) is 11.4.